The number of nitrogens with zero attached hydrogens (tertiary/aromatic N) is 1. The van der Waals surface area contributed by atoms with Crippen LogP contribution in [0.25, 0.3) is 0 Å². The molecule has 2 rings (SSSR count). The summed E-state index contributed by atoms with van der Waals surface area (Å²) in [6, 6.07) is 10.2. The summed E-state index contributed by atoms with van der Waals surface area (Å²) in [5, 5.41) is 9.22. The van der Waals surface area contributed by atoms with Crippen LogP contribution in [0.5, 0.6) is 0 Å². The Labute approximate surface area is 89.4 Å². The predicted molar refractivity (Wildman–Crippen MR) is 58.9 cm³/mol. The molecule has 1 aliphatic rings. The van der Waals surface area contributed by atoms with E-state index in [0.717, 1.165) is 6.42 Å². The smallest absolute Gasteiger partial charge is 0.182 e. The second-order valence-corrected chi connectivity index (χ2v) is 3.75. The number of hydrogen-bond acceptors (Lipinski definition) is 3. The standard InChI is InChI=1S/C12H15NO2/c1-13-8-10(11-12(14)15-11)7-9-5-3-2-4-6-9/h2-6,8,10-12,14H,7H2,1H3/b13-8-. The molecule has 1 fully saturated rings. The van der Waals surface area contributed by atoms with Gasteiger partial charge in [-0.1, -0.05) is 30.3 Å². The summed E-state index contributed by atoms with van der Waals surface area (Å²) in [6.07, 6.45) is 2.04. The molecule has 0 spiro atoms. The highest BCUT2D eigenvalue weighted by Gasteiger charge is 2.42. The van der Waals surface area contributed by atoms with E-state index in [1.165, 1.54) is 5.56 Å². The lowest BCUT2D eigenvalue weighted by atomic mass is 9.97. The van der Waals surface area contributed by atoms with Crippen LogP contribution in [0.3, 0.4) is 0 Å². The van der Waals surface area contributed by atoms with Crippen molar-refractivity contribution in [2.45, 2.75) is 18.8 Å². The predicted octanol–water partition coefficient (Wildman–Crippen LogP) is 1.26. The summed E-state index contributed by atoms with van der Waals surface area (Å²) >= 11 is 0. The number of rotatable bonds is 4. The van der Waals surface area contributed by atoms with Gasteiger partial charge in [0.2, 0.25) is 0 Å². The number of benzene rings is 1. The van der Waals surface area contributed by atoms with Crippen molar-refractivity contribution in [2.24, 2.45) is 10.9 Å². The second kappa shape index (κ2) is 4.55. The molecular formula is C12H15NO2. The second-order valence-electron chi connectivity index (χ2n) is 3.75. The summed E-state index contributed by atoms with van der Waals surface area (Å²) in [7, 11) is 1.74. The molecule has 0 saturated carbocycles. The zero-order valence-corrected chi connectivity index (χ0v) is 8.71. The molecule has 1 aliphatic heterocycles. The minimum atomic E-state index is -0.600. The van der Waals surface area contributed by atoms with Gasteiger partial charge in [-0.3, -0.25) is 0 Å². The summed E-state index contributed by atoms with van der Waals surface area (Å²) in [5.74, 6) is 0.174. The highest BCUT2D eigenvalue weighted by Crippen LogP contribution is 2.28. The van der Waals surface area contributed by atoms with Gasteiger partial charge in [0.1, 0.15) is 6.10 Å². The van der Waals surface area contributed by atoms with Gasteiger partial charge in [0.15, 0.2) is 6.29 Å². The molecule has 0 aliphatic carbocycles. The van der Waals surface area contributed by atoms with Crippen LogP contribution in [0, 0.1) is 5.92 Å². The van der Waals surface area contributed by atoms with Crippen LogP contribution in [-0.2, 0) is 11.2 Å². The van der Waals surface area contributed by atoms with E-state index in [2.05, 4.69) is 17.1 Å². The zero-order chi connectivity index (χ0) is 10.7. The molecule has 3 unspecified atom stereocenters. The first kappa shape index (κ1) is 10.3. The van der Waals surface area contributed by atoms with Crippen molar-refractivity contribution in [3.8, 4) is 0 Å². The Morgan fingerprint density at radius 1 is 1.47 bits per heavy atom. The summed E-state index contributed by atoms with van der Waals surface area (Å²) in [4.78, 5) is 4.01. The summed E-state index contributed by atoms with van der Waals surface area (Å²) < 4.78 is 5.07. The fourth-order valence-electron chi connectivity index (χ4n) is 1.76. The van der Waals surface area contributed by atoms with E-state index in [1.54, 1.807) is 7.05 Å². The van der Waals surface area contributed by atoms with Gasteiger partial charge in [-0.05, 0) is 12.0 Å². The molecule has 80 valence electrons. The van der Waals surface area contributed by atoms with E-state index in [0.29, 0.717) is 0 Å². The number of epoxide rings is 1. The molecule has 1 aromatic carbocycles. The Morgan fingerprint density at radius 2 is 2.13 bits per heavy atom. The average molecular weight is 205 g/mol. The molecule has 3 atom stereocenters. The van der Waals surface area contributed by atoms with Gasteiger partial charge >= 0.3 is 0 Å². The van der Waals surface area contributed by atoms with Gasteiger partial charge in [0, 0.05) is 19.2 Å². The third-order valence-electron chi connectivity index (χ3n) is 2.58. The monoisotopic (exact) mass is 205 g/mol. The Balaban J connectivity index is 2.01. The van der Waals surface area contributed by atoms with Crippen molar-refractivity contribution in [3.63, 3.8) is 0 Å². The molecule has 0 radical (unpaired) electrons. The Kier molecular flexibility index (Phi) is 3.14. The van der Waals surface area contributed by atoms with Crippen LogP contribution in [0.1, 0.15) is 5.56 Å². The molecule has 1 N–H and O–H groups in total. The summed E-state index contributed by atoms with van der Waals surface area (Å²) in [5.41, 5.74) is 1.24. The van der Waals surface area contributed by atoms with Crippen molar-refractivity contribution in [3.05, 3.63) is 35.9 Å². The highest BCUT2D eigenvalue weighted by molar-refractivity contribution is 5.62. The van der Waals surface area contributed by atoms with Crippen LogP contribution >= 0.6 is 0 Å². The van der Waals surface area contributed by atoms with E-state index in [4.69, 9.17) is 4.74 Å². The molecule has 0 bridgehead atoms. The molecule has 1 aromatic rings. The lowest BCUT2D eigenvalue weighted by Crippen LogP contribution is -2.15. The number of aliphatic imine (C=N–C) groups is 1. The van der Waals surface area contributed by atoms with E-state index < -0.39 is 6.29 Å². The maximum Gasteiger partial charge on any atom is 0.182 e. The van der Waals surface area contributed by atoms with E-state index in [1.807, 2.05) is 24.4 Å². The number of hydrogen-bond donors (Lipinski definition) is 1. The van der Waals surface area contributed by atoms with Crippen molar-refractivity contribution in [2.75, 3.05) is 7.05 Å². The van der Waals surface area contributed by atoms with E-state index >= 15 is 0 Å². The van der Waals surface area contributed by atoms with Gasteiger partial charge in [-0.25, -0.2) is 0 Å². The Hall–Kier alpha value is -1.19. The van der Waals surface area contributed by atoms with Crippen LogP contribution in [0.4, 0.5) is 0 Å². The molecule has 0 aromatic heterocycles. The molecule has 3 heteroatoms. The first-order chi connectivity index (χ1) is 7.31. The van der Waals surface area contributed by atoms with Crippen LogP contribution in [0.2, 0.25) is 0 Å². The van der Waals surface area contributed by atoms with Crippen molar-refractivity contribution < 1.29 is 9.84 Å². The number of aliphatic hydroxyl groups is 1. The molecule has 15 heavy (non-hydrogen) atoms. The quantitative estimate of drug-likeness (QED) is 0.594. The normalized spacial score (nSPS) is 26.8. The zero-order valence-electron chi connectivity index (χ0n) is 8.71. The third kappa shape index (κ3) is 2.64. The van der Waals surface area contributed by atoms with Gasteiger partial charge in [-0.15, -0.1) is 0 Å². The van der Waals surface area contributed by atoms with Gasteiger partial charge in [-0.2, -0.15) is 0 Å². The largest absolute Gasteiger partial charge is 0.366 e. The topological polar surface area (TPSA) is 45.1 Å². The van der Waals surface area contributed by atoms with Crippen molar-refractivity contribution in [1.29, 1.82) is 0 Å². The van der Waals surface area contributed by atoms with Gasteiger partial charge < -0.3 is 14.8 Å². The lowest BCUT2D eigenvalue weighted by molar-refractivity contribution is 0.155. The van der Waals surface area contributed by atoms with E-state index in [-0.39, 0.29) is 12.0 Å². The number of ether oxygens (including phenoxy) is 1. The van der Waals surface area contributed by atoms with Crippen LogP contribution in [-0.4, -0.2) is 30.8 Å². The maximum atomic E-state index is 9.22. The fraction of sp³-hybridized carbons (Fsp3) is 0.417. The molecular weight excluding hydrogens is 190 g/mol. The SMILES string of the molecule is C/N=C\C(Cc1ccccc1)C1OC1O. The third-order valence-corrected chi connectivity index (χ3v) is 2.58. The van der Waals surface area contributed by atoms with Crippen molar-refractivity contribution in [1.82, 2.24) is 0 Å². The highest BCUT2D eigenvalue weighted by atomic mass is 16.7. The fourth-order valence-corrected chi connectivity index (χ4v) is 1.76. The Bertz CT molecular complexity index is 337. The first-order valence-electron chi connectivity index (χ1n) is 5.11. The van der Waals surface area contributed by atoms with Gasteiger partial charge in [0.05, 0.1) is 0 Å². The average Bonchev–Trinajstić information content (AvgIpc) is 2.97. The van der Waals surface area contributed by atoms with Crippen molar-refractivity contribution >= 4 is 6.21 Å². The maximum absolute atomic E-state index is 9.22. The molecule has 1 saturated heterocycles. The number of aliphatic hydroxyl groups excluding tert-OH is 1. The molecule has 3 nitrogen and oxygen atoms in total. The molecule has 1 heterocycles. The first-order valence-corrected chi connectivity index (χ1v) is 5.11. The lowest BCUT2D eigenvalue weighted by Gasteiger charge is -2.08. The van der Waals surface area contributed by atoms with Gasteiger partial charge in [0.25, 0.3) is 0 Å². The van der Waals surface area contributed by atoms with Crippen LogP contribution < -0.4 is 0 Å². The minimum absolute atomic E-state index is 0.0751. The summed E-state index contributed by atoms with van der Waals surface area (Å²) in [6.45, 7) is 0. The van der Waals surface area contributed by atoms with E-state index in [9.17, 15) is 5.11 Å². The van der Waals surface area contributed by atoms with Crippen LogP contribution in [0.15, 0.2) is 35.3 Å². The minimum Gasteiger partial charge on any atom is -0.366 e. The molecule has 0 amide bonds. The Morgan fingerprint density at radius 3 is 2.67 bits per heavy atom.